The molecule has 0 aliphatic carbocycles. The Kier molecular flexibility index (Phi) is 10.0. The highest BCUT2D eigenvalue weighted by atomic mass is 19.4. The summed E-state index contributed by atoms with van der Waals surface area (Å²) < 4.78 is 53.4. The number of amides is 2. The highest BCUT2D eigenvalue weighted by Crippen LogP contribution is 2.43. The van der Waals surface area contributed by atoms with Gasteiger partial charge in [-0.3, -0.25) is 14.4 Å². The molecule has 0 aromatic heterocycles. The molecule has 0 bridgehead atoms. The fourth-order valence-electron chi connectivity index (χ4n) is 4.35. The van der Waals surface area contributed by atoms with E-state index < -0.39 is 54.5 Å². The van der Waals surface area contributed by atoms with Gasteiger partial charge in [0.2, 0.25) is 11.4 Å². The van der Waals surface area contributed by atoms with Crippen LogP contribution in [0.1, 0.15) is 36.8 Å². The highest BCUT2D eigenvalue weighted by molar-refractivity contribution is 5.95. The predicted molar refractivity (Wildman–Crippen MR) is 132 cm³/mol. The number of esters is 2. The van der Waals surface area contributed by atoms with E-state index in [-0.39, 0.29) is 39.0 Å². The number of nitrogens with zero attached hydrogens (tertiary/aromatic N) is 1. The van der Waals surface area contributed by atoms with Crippen LogP contribution in [0.5, 0.6) is 0 Å². The molecule has 0 unspecified atom stereocenters. The first-order valence-electron chi connectivity index (χ1n) is 12.4. The molecule has 1 aliphatic heterocycles. The number of likely N-dealkylation sites (tertiary alicyclic amines) is 1. The molecular formula is C27H30F3N3O6. The van der Waals surface area contributed by atoms with Gasteiger partial charge in [0.1, 0.15) is 19.3 Å². The minimum absolute atomic E-state index is 0.0392. The molecule has 9 nitrogen and oxygen atoms in total. The van der Waals surface area contributed by atoms with Gasteiger partial charge in [-0.1, -0.05) is 60.7 Å². The van der Waals surface area contributed by atoms with E-state index >= 15 is 0 Å². The molecule has 0 radical (unpaired) electrons. The number of benzene rings is 2. The van der Waals surface area contributed by atoms with Crippen LogP contribution < -0.4 is 11.1 Å². The molecule has 2 atom stereocenters. The molecule has 1 saturated heterocycles. The number of alkyl halides is 3. The van der Waals surface area contributed by atoms with Crippen LogP contribution in [0.2, 0.25) is 0 Å². The number of ether oxygens (including phenoxy) is 2. The van der Waals surface area contributed by atoms with Crippen molar-refractivity contribution < 1.29 is 41.8 Å². The molecule has 12 heteroatoms. The Morgan fingerprint density at radius 2 is 1.51 bits per heavy atom. The molecule has 0 saturated carbocycles. The second-order valence-electron chi connectivity index (χ2n) is 9.02. The van der Waals surface area contributed by atoms with E-state index in [0.717, 1.165) is 5.56 Å². The third-order valence-electron chi connectivity index (χ3n) is 6.39. The Morgan fingerprint density at radius 3 is 2.05 bits per heavy atom. The van der Waals surface area contributed by atoms with Gasteiger partial charge in [0.25, 0.3) is 5.91 Å². The van der Waals surface area contributed by atoms with Gasteiger partial charge in [0, 0.05) is 13.0 Å². The summed E-state index contributed by atoms with van der Waals surface area (Å²) in [6.45, 7) is -1.28. The predicted octanol–water partition coefficient (Wildman–Crippen LogP) is 2.62. The van der Waals surface area contributed by atoms with Gasteiger partial charge < -0.3 is 25.4 Å². The summed E-state index contributed by atoms with van der Waals surface area (Å²) in [5.74, 6) is -4.39. The maximum Gasteiger partial charge on any atom is 0.420 e. The second-order valence-corrected chi connectivity index (χ2v) is 9.02. The zero-order valence-electron chi connectivity index (χ0n) is 21.1. The van der Waals surface area contributed by atoms with Crippen molar-refractivity contribution >= 4 is 23.8 Å². The van der Waals surface area contributed by atoms with Crippen molar-refractivity contribution in [3.05, 3.63) is 71.8 Å². The first-order chi connectivity index (χ1) is 18.6. The number of nitrogens with two attached hydrogens (primary N) is 1. The van der Waals surface area contributed by atoms with Gasteiger partial charge in [-0.2, -0.15) is 13.2 Å². The first kappa shape index (κ1) is 29.6. The van der Waals surface area contributed by atoms with Gasteiger partial charge in [-0.05, 0) is 30.4 Å². The van der Waals surface area contributed by atoms with Crippen molar-refractivity contribution in [3.63, 3.8) is 0 Å². The van der Waals surface area contributed by atoms with E-state index in [2.05, 4.69) is 5.32 Å². The number of nitrogens with one attached hydrogen (secondary N) is 1. The third kappa shape index (κ3) is 7.34. The smallest absolute Gasteiger partial charge is 0.420 e. The molecule has 210 valence electrons. The van der Waals surface area contributed by atoms with E-state index in [0.29, 0.717) is 10.5 Å². The molecule has 2 aromatic rings. The summed E-state index contributed by atoms with van der Waals surface area (Å²) in [4.78, 5) is 51.1. The van der Waals surface area contributed by atoms with E-state index in [9.17, 15) is 32.3 Å². The van der Waals surface area contributed by atoms with Crippen LogP contribution in [0, 0.1) is 0 Å². The topological polar surface area (TPSA) is 128 Å². The highest BCUT2D eigenvalue weighted by Gasteiger charge is 2.67. The first-order valence-corrected chi connectivity index (χ1v) is 12.4. The summed E-state index contributed by atoms with van der Waals surface area (Å²) in [6.07, 6.45) is -6.70. The molecule has 3 N–H and O–H groups in total. The Hall–Kier alpha value is -3.93. The molecule has 39 heavy (non-hydrogen) atoms. The number of halogens is 3. The fraction of sp³-hybridized carbons (Fsp3) is 0.407. The summed E-state index contributed by atoms with van der Waals surface area (Å²) in [7, 11) is 0. The Balaban J connectivity index is 1.75. The van der Waals surface area contributed by atoms with Gasteiger partial charge >= 0.3 is 18.1 Å². The summed E-state index contributed by atoms with van der Waals surface area (Å²) in [5, 5.41) is 2.10. The van der Waals surface area contributed by atoms with Gasteiger partial charge in [-0.25, -0.2) is 4.79 Å². The van der Waals surface area contributed by atoms with Crippen LogP contribution in [-0.4, -0.2) is 59.5 Å². The van der Waals surface area contributed by atoms with Gasteiger partial charge in [0.15, 0.2) is 0 Å². The van der Waals surface area contributed by atoms with Crippen molar-refractivity contribution in [2.45, 2.75) is 56.7 Å². The zero-order chi connectivity index (χ0) is 28.5. The molecule has 2 amide bonds. The summed E-state index contributed by atoms with van der Waals surface area (Å²) >= 11 is 0. The van der Waals surface area contributed by atoms with E-state index in [4.69, 9.17) is 15.2 Å². The van der Waals surface area contributed by atoms with Crippen LogP contribution in [0.3, 0.4) is 0 Å². The minimum Gasteiger partial charge on any atom is -0.461 e. The van der Waals surface area contributed by atoms with Crippen molar-refractivity contribution in [2.75, 3.05) is 13.1 Å². The lowest BCUT2D eigenvalue weighted by Gasteiger charge is -2.39. The van der Waals surface area contributed by atoms with E-state index in [1.807, 2.05) is 0 Å². The van der Waals surface area contributed by atoms with Crippen molar-refractivity contribution in [3.8, 4) is 0 Å². The average molecular weight is 550 g/mol. The lowest BCUT2D eigenvalue weighted by atomic mass is 9.92. The molecular weight excluding hydrogens is 519 g/mol. The Bertz CT molecular complexity index is 1150. The Labute approximate surface area is 223 Å². The fourth-order valence-corrected chi connectivity index (χ4v) is 4.35. The van der Waals surface area contributed by atoms with Crippen LogP contribution in [0.4, 0.5) is 13.2 Å². The number of rotatable bonds is 11. The monoisotopic (exact) mass is 549 g/mol. The summed E-state index contributed by atoms with van der Waals surface area (Å²) in [5.41, 5.74) is 3.43. The number of hydrogen-bond donors (Lipinski definition) is 2. The SMILES string of the molecule is NCC(=O)N1CCC[C@]1(C(=O)N[C@H](CCC(=O)OCc1ccccc1)C(=O)OCc1ccccc1)C(F)(F)F. The molecule has 1 fully saturated rings. The van der Waals surface area contributed by atoms with Crippen molar-refractivity contribution in [1.29, 1.82) is 0 Å². The van der Waals surface area contributed by atoms with Crippen molar-refractivity contribution in [2.24, 2.45) is 5.73 Å². The quantitative estimate of drug-likeness (QED) is 0.413. The number of carbonyl (C=O) groups excluding carboxylic acids is 4. The normalized spacial score (nSPS) is 17.8. The average Bonchev–Trinajstić information content (AvgIpc) is 3.40. The molecule has 1 aliphatic rings. The second kappa shape index (κ2) is 13.2. The van der Waals surface area contributed by atoms with Crippen LogP contribution >= 0.6 is 0 Å². The standard InChI is InChI=1S/C27H30F3N3O6/c28-27(29,30)26(14-7-15-33(26)22(34)16-31)25(37)32-21(24(36)39-18-20-10-5-2-6-11-20)12-13-23(35)38-17-19-8-3-1-4-9-19/h1-6,8-11,21H,7,12-18,31H2,(H,32,37)/t21-,26+/m1/s1. The third-order valence-corrected chi connectivity index (χ3v) is 6.39. The molecule has 1 heterocycles. The Morgan fingerprint density at radius 1 is 0.949 bits per heavy atom. The van der Waals surface area contributed by atoms with Crippen molar-refractivity contribution in [1.82, 2.24) is 10.2 Å². The maximum atomic E-state index is 14.3. The van der Waals surface area contributed by atoms with E-state index in [1.165, 1.54) is 0 Å². The largest absolute Gasteiger partial charge is 0.461 e. The zero-order valence-corrected chi connectivity index (χ0v) is 21.1. The van der Waals surface area contributed by atoms with Gasteiger partial charge in [0.05, 0.1) is 6.54 Å². The minimum atomic E-state index is -5.15. The number of hydrogen-bond acceptors (Lipinski definition) is 7. The van der Waals surface area contributed by atoms with Crippen LogP contribution in [0.15, 0.2) is 60.7 Å². The lowest BCUT2D eigenvalue weighted by molar-refractivity contribution is -0.222. The molecule has 2 aromatic carbocycles. The van der Waals surface area contributed by atoms with Crippen LogP contribution in [0.25, 0.3) is 0 Å². The molecule has 0 spiro atoms. The number of carbonyl (C=O) groups is 4. The maximum absolute atomic E-state index is 14.3. The molecule has 3 rings (SSSR count). The summed E-state index contributed by atoms with van der Waals surface area (Å²) in [6, 6.07) is 15.7. The van der Waals surface area contributed by atoms with Gasteiger partial charge in [-0.15, -0.1) is 0 Å². The van der Waals surface area contributed by atoms with Crippen LogP contribution in [-0.2, 0) is 41.9 Å². The lowest BCUT2D eigenvalue weighted by Crippen LogP contribution is -2.67. The van der Waals surface area contributed by atoms with E-state index in [1.54, 1.807) is 60.7 Å².